The summed E-state index contributed by atoms with van der Waals surface area (Å²) in [6.45, 7) is 4.53. The van der Waals surface area contributed by atoms with Gasteiger partial charge in [-0.2, -0.15) is 8.42 Å². The Balaban J connectivity index is 1.83. The average Bonchev–Trinajstić information content (AvgIpc) is 2.94. The van der Waals surface area contributed by atoms with Crippen LogP contribution in [0.5, 0.6) is 0 Å². The number of unbranched alkanes of at least 4 members (excludes halogenated alkanes) is 20. The SMILES string of the molecule is CCCCCCCCCCCCCc1ccc(CCCCCCCCCCCCC)c2c(S(=O)(=O)O)cccc12. The van der Waals surface area contributed by atoms with Crippen LogP contribution in [-0.4, -0.2) is 13.0 Å². The van der Waals surface area contributed by atoms with Gasteiger partial charge in [-0.05, 0) is 48.3 Å². The van der Waals surface area contributed by atoms with E-state index in [4.69, 9.17) is 0 Å². The normalized spacial score (nSPS) is 12.0. The van der Waals surface area contributed by atoms with E-state index in [0.29, 0.717) is 0 Å². The van der Waals surface area contributed by atoms with Gasteiger partial charge in [0.05, 0.1) is 0 Å². The summed E-state index contributed by atoms with van der Waals surface area (Å²) in [6.07, 6.45) is 30.6. The Bertz CT molecular complexity index is 1030. The van der Waals surface area contributed by atoms with E-state index in [1.165, 1.54) is 134 Å². The summed E-state index contributed by atoms with van der Waals surface area (Å²) in [5.41, 5.74) is 2.26. The van der Waals surface area contributed by atoms with Gasteiger partial charge >= 0.3 is 0 Å². The zero-order valence-corrected chi connectivity index (χ0v) is 26.8. The molecular weight excluding hydrogens is 512 g/mol. The molecule has 0 amide bonds. The highest BCUT2D eigenvalue weighted by Crippen LogP contribution is 2.31. The molecule has 0 heterocycles. The van der Waals surface area contributed by atoms with Crippen LogP contribution in [0.4, 0.5) is 0 Å². The van der Waals surface area contributed by atoms with Crippen LogP contribution in [0.3, 0.4) is 0 Å². The fourth-order valence-electron chi connectivity index (χ4n) is 6.10. The Morgan fingerprint density at radius 1 is 0.500 bits per heavy atom. The van der Waals surface area contributed by atoms with Crippen molar-refractivity contribution in [3.8, 4) is 0 Å². The molecule has 0 fully saturated rings. The van der Waals surface area contributed by atoms with Gasteiger partial charge in [0.25, 0.3) is 10.1 Å². The van der Waals surface area contributed by atoms with E-state index in [9.17, 15) is 13.0 Å². The number of hydrogen-bond acceptors (Lipinski definition) is 2. The molecule has 228 valence electrons. The maximum Gasteiger partial charge on any atom is 0.295 e. The largest absolute Gasteiger partial charge is 0.295 e. The van der Waals surface area contributed by atoms with Gasteiger partial charge in [0, 0.05) is 5.39 Å². The molecule has 2 rings (SSSR count). The van der Waals surface area contributed by atoms with Gasteiger partial charge in [0.2, 0.25) is 0 Å². The minimum atomic E-state index is -4.27. The third kappa shape index (κ3) is 14.0. The summed E-state index contributed by atoms with van der Waals surface area (Å²) < 4.78 is 34.6. The zero-order valence-electron chi connectivity index (χ0n) is 26.0. The van der Waals surface area contributed by atoms with Crippen molar-refractivity contribution in [1.29, 1.82) is 0 Å². The van der Waals surface area contributed by atoms with Gasteiger partial charge in [-0.3, -0.25) is 4.55 Å². The minimum Gasteiger partial charge on any atom is -0.282 e. The van der Waals surface area contributed by atoms with E-state index in [2.05, 4.69) is 26.0 Å². The highest BCUT2D eigenvalue weighted by molar-refractivity contribution is 7.86. The van der Waals surface area contributed by atoms with Crippen LogP contribution in [0.25, 0.3) is 10.8 Å². The van der Waals surface area contributed by atoms with E-state index in [-0.39, 0.29) is 4.90 Å². The lowest BCUT2D eigenvalue weighted by Crippen LogP contribution is -2.03. The highest BCUT2D eigenvalue weighted by Gasteiger charge is 2.18. The Hall–Kier alpha value is -1.39. The molecule has 0 radical (unpaired) electrons. The Labute approximate surface area is 247 Å². The van der Waals surface area contributed by atoms with Gasteiger partial charge in [0.1, 0.15) is 4.90 Å². The van der Waals surface area contributed by atoms with E-state index in [0.717, 1.165) is 42.0 Å². The summed E-state index contributed by atoms with van der Waals surface area (Å²) in [5.74, 6) is 0. The molecule has 4 heteroatoms. The quantitative estimate of drug-likeness (QED) is 0.0950. The van der Waals surface area contributed by atoms with Crippen molar-refractivity contribution < 1.29 is 13.0 Å². The standard InChI is InChI=1S/C36H60O3S/c1-3-5-7-9-11-13-15-17-19-21-23-26-32-30-31-33(36-34(32)28-25-29-35(36)40(37,38)39)27-24-22-20-18-16-14-12-10-8-6-4-2/h25,28-31H,3-24,26-27H2,1-2H3,(H,37,38,39). The average molecular weight is 573 g/mol. The minimum absolute atomic E-state index is 0.0730. The van der Waals surface area contributed by atoms with E-state index in [1.807, 2.05) is 6.07 Å². The molecule has 0 aliphatic carbocycles. The molecule has 0 saturated heterocycles. The topological polar surface area (TPSA) is 54.4 Å². The molecule has 0 spiro atoms. The number of rotatable bonds is 25. The van der Waals surface area contributed by atoms with Crippen LogP contribution in [0.15, 0.2) is 35.2 Å². The van der Waals surface area contributed by atoms with Crippen LogP contribution >= 0.6 is 0 Å². The fraction of sp³-hybridized carbons (Fsp3) is 0.722. The zero-order chi connectivity index (χ0) is 28.9. The molecule has 2 aromatic rings. The molecule has 0 bridgehead atoms. The number of hydrogen-bond donors (Lipinski definition) is 1. The summed E-state index contributed by atoms with van der Waals surface area (Å²) in [7, 11) is -4.27. The fourth-order valence-corrected chi connectivity index (χ4v) is 6.85. The van der Waals surface area contributed by atoms with Crippen molar-refractivity contribution in [3.05, 3.63) is 41.5 Å². The van der Waals surface area contributed by atoms with Crippen LogP contribution < -0.4 is 0 Å². The molecule has 1 N–H and O–H groups in total. The first-order chi connectivity index (χ1) is 19.5. The molecule has 0 atom stereocenters. The third-order valence-corrected chi connectivity index (χ3v) is 9.45. The number of aryl methyl sites for hydroxylation is 2. The molecule has 0 saturated carbocycles. The Morgan fingerprint density at radius 3 is 1.30 bits per heavy atom. The molecule has 0 aliphatic heterocycles. The van der Waals surface area contributed by atoms with Crippen molar-refractivity contribution in [2.75, 3.05) is 0 Å². The first-order valence-electron chi connectivity index (χ1n) is 17.0. The second-order valence-electron chi connectivity index (χ2n) is 12.1. The van der Waals surface area contributed by atoms with Gasteiger partial charge in [-0.15, -0.1) is 0 Å². The van der Waals surface area contributed by atoms with E-state index < -0.39 is 10.1 Å². The van der Waals surface area contributed by atoms with Crippen LogP contribution in [0.1, 0.15) is 166 Å². The monoisotopic (exact) mass is 572 g/mol. The third-order valence-electron chi connectivity index (χ3n) is 8.56. The number of benzene rings is 2. The van der Waals surface area contributed by atoms with Crippen LogP contribution in [0.2, 0.25) is 0 Å². The Morgan fingerprint density at radius 2 is 0.875 bits per heavy atom. The molecule has 40 heavy (non-hydrogen) atoms. The van der Waals surface area contributed by atoms with Crippen molar-refractivity contribution in [2.45, 2.75) is 173 Å². The second kappa shape index (κ2) is 21.3. The first kappa shape index (κ1) is 34.8. The van der Waals surface area contributed by atoms with Crippen LogP contribution in [-0.2, 0) is 23.0 Å². The van der Waals surface area contributed by atoms with E-state index in [1.54, 1.807) is 12.1 Å². The van der Waals surface area contributed by atoms with Crippen molar-refractivity contribution in [1.82, 2.24) is 0 Å². The second-order valence-corrected chi connectivity index (χ2v) is 13.5. The molecular formula is C36H60O3S. The predicted octanol–water partition coefficient (Wildman–Crippen LogP) is 11.8. The number of fused-ring (bicyclic) bond motifs is 1. The van der Waals surface area contributed by atoms with E-state index >= 15 is 0 Å². The molecule has 0 unspecified atom stereocenters. The lowest BCUT2D eigenvalue weighted by atomic mass is 9.93. The molecule has 0 aromatic heterocycles. The van der Waals surface area contributed by atoms with Crippen molar-refractivity contribution in [2.24, 2.45) is 0 Å². The molecule has 2 aromatic carbocycles. The van der Waals surface area contributed by atoms with Crippen molar-refractivity contribution in [3.63, 3.8) is 0 Å². The maximum absolute atomic E-state index is 12.3. The summed E-state index contributed by atoms with van der Waals surface area (Å²) in [6, 6.07) is 9.72. The maximum atomic E-state index is 12.3. The van der Waals surface area contributed by atoms with Gasteiger partial charge in [-0.25, -0.2) is 0 Å². The molecule has 0 aliphatic rings. The Kier molecular flexibility index (Phi) is 18.6. The lowest BCUT2D eigenvalue weighted by molar-refractivity contribution is 0.484. The smallest absolute Gasteiger partial charge is 0.282 e. The summed E-state index contributed by atoms with van der Waals surface area (Å²) in [5, 5.41) is 1.75. The van der Waals surface area contributed by atoms with Gasteiger partial charge < -0.3 is 0 Å². The van der Waals surface area contributed by atoms with Gasteiger partial charge in [0.15, 0.2) is 0 Å². The predicted molar refractivity (Wildman–Crippen MR) is 174 cm³/mol. The lowest BCUT2D eigenvalue weighted by Gasteiger charge is -2.14. The van der Waals surface area contributed by atoms with Crippen molar-refractivity contribution >= 4 is 20.9 Å². The summed E-state index contributed by atoms with van der Waals surface area (Å²) in [4.78, 5) is 0.0730. The molecule has 3 nitrogen and oxygen atoms in total. The summed E-state index contributed by atoms with van der Waals surface area (Å²) >= 11 is 0. The highest BCUT2D eigenvalue weighted by atomic mass is 32.2. The van der Waals surface area contributed by atoms with Crippen LogP contribution in [0, 0.1) is 0 Å². The van der Waals surface area contributed by atoms with Gasteiger partial charge in [-0.1, -0.05) is 167 Å². The first-order valence-corrected chi connectivity index (χ1v) is 18.4.